The zero-order valence-electron chi connectivity index (χ0n) is 12.3. The number of carbonyl (C=O) groups is 1. The number of pyridine rings is 1. The molecular formula is C14H17BrClN3O2. The van der Waals surface area contributed by atoms with Crippen molar-refractivity contribution in [3.05, 3.63) is 22.6 Å². The van der Waals surface area contributed by atoms with E-state index in [0.717, 1.165) is 4.47 Å². The molecule has 21 heavy (non-hydrogen) atoms. The molecule has 7 heteroatoms. The molecule has 2 atom stereocenters. The Morgan fingerprint density at radius 1 is 1.43 bits per heavy atom. The molecule has 0 saturated carbocycles. The van der Waals surface area contributed by atoms with Gasteiger partial charge in [0.2, 0.25) is 0 Å². The first-order valence-electron chi connectivity index (χ1n) is 6.62. The average Bonchev–Trinajstić information content (AvgIpc) is 2.77. The maximum absolute atomic E-state index is 12.2. The van der Waals surface area contributed by atoms with E-state index < -0.39 is 6.04 Å². The van der Waals surface area contributed by atoms with Crippen LogP contribution in [-0.4, -0.2) is 27.6 Å². The fraction of sp³-hybridized carbons (Fsp3) is 0.500. The average molecular weight is 375 g/mol. The summed E-state index contributed by atoms with van der Waals surface area (Å²) >= 11 is 9.62. The summed E-state index contributed by atoms with van der Waals surface area (Å²) in [7, 11) is 1.38. The highest BCUT2D eigenvalue weighted by atomic mass is 79.9. The number of imidazole rings is 1. The van der Waals surface area contributed by atoms with Crippen molar-refractivity contribution in [2.75, 3.05) is 7.11 Å². The Kier molecular flexibility index (Phi) is 4.88. The molecule has 0 saturated heterocycles. The lowest BCUT2D eigenvalue weighted by Crippen LogP contribution is -2.27. The van der Waals surface area contributed by atoms with Gasteiger partial charge in [0.1, 0.15) is 17.4 Å². The van der Waals surface area contributed by atoms with Crippen LogP contribution in [0.2, 0.25) is 0 Å². The highest BCUT2D eigenvalue weighted by Gasteiger charge is 2.31. The largest absolute Gasteiger partial charge is 0.467 e. The van der Waals surface area contributed by atoms with E-state index in [2.05, 4.69) is 25.9 Å². The van der Waals surface area contributed by atoms with Gasteiger partial charge in [0.15, 0.2) is 5.65 Å². The first-order chi connectivity index (χ1) is 9.86. The molecule has 114 valence electrons. The summed E-state index contributed by atoms with van der Waals surface area (Å²) in [6.45, 7) is 5.73. The van der Waals surface area contributed by atoms with Crippen LogP contribution in [0.5, 0.6) is 0 Å². The predicted octanol–water partition coefficient (Wildman–Crippen LogP) is 3.86. The Bertz CT molecular complexity index is 670. The normalized spacial score (nSPS) is 14.4. The van der Waals surface area contributed by atoms with Crippen LogP contribution in [0.3, 0.4) is 0 Å². The second-order valence-corrected chi connectivity index (χ2v) is 6.73. The molecule has 5 nitrogen and oxygen atoms in total. The summed E-state index contributed by atoms with van der Waals surface area (Å²) in [5.41, 5.74) is 1.33. The quantitative estimate of drug-likeness (QED) is 0.602. The fourth-order valence-corrected chi connectivity index (χ4v) is 2.80. The number of esters is 1. The molecule has 2 aromatic heterocycles. The lowest BCUT2D eigenvalue weighted by Gasteiger charge is -2.23. The maximum atomic E-state index is 12.2. The number of carbonyl (C=O) groups excluding carboxylic acids is 1. The van der Waals surface area contributed by atoms with Crippen molar-refractivity contribution < 1.29 is 9.53 Å². The number of ether oxygens (including phenoxy) is 1. The van der Waals surface area contributed by atoms with Crippen LogP contribution < -0.4 is 0 Å². The second kappa shape index (κ2) is 6.32. The van der Waals surface area contributed by atoms with E-state index in [1.54, 1.807) is 10.8 Å². The zero-order chi connectivity index (χ0) is 15.7. The van der Waals surface area contributed by atoms with Crippen LogP contribution >= 0.6 is 27.5 Å². The van der Waals surface area contributed by atoms with Gasteiger partial charge in [0, 0.05) is 10.7 Å². The standard InChI is InChI=1S/C14H17BrClN3O2/c1-7(2)11(14(20)21-4)19-12(8(3)16)18-10-5-9(15)6-17-13(10)19/h5-8,11H,1-4H3. The molecule has 2 rings (SSSR count). The van der Waals surface area contributed by atoms with Crippen LogP contribution in [0.4, 0.5) is 0 Å². The van der Waals surface area contributed by atoms with Crippen LogP contribution in [0.15, 0.2) is 16.7 Å². The van der Waals surface area contributed by atoms with Gasteiger partial charge in [-0.15, -0.1) is 11.6 Å². The van der Waals surface area contributed by atoms with Gasteiger partial charge in [0.25, 0.3) is 0 Å². The molecule has 0 N–H and O–H groups in total. The Hall–Kier alpha value is -1.14. The number of fused-ring (bicyclic) bond motifs is 1. The Morgan fingerprint density at radius 2 is 2.10 bits per heavy atom. The number of hydrogen-bond donors (Lipinski definition) is 0. The highest BCUT2D eigenvalue weighted by molar-refractivity contribution is 9.10. The number of nitrogens with zero attached hydrogens (tertiary/aromatic N) is 3. The van der Waals surface area contributed by atoms with Crippen molar-refractivity contribution in [3.63, 3.8) is 0 Å². The molecule has 0 fully saturated rings. The molecule has 0 aliphatic heterocycles. The van der Waals surface area contributed by atoms with Gasteiger partial charge in [-0.1, -0.05) is 13.8 Å². The van der Waals surface area contributed by atoms with Crippen molar-refractivity contribution in [1.29, 1.82) is 0 Å². The van der Waals surface area contributed by atoms with E-state index in [0.29, 0.717) is 17.0 Å². The molecule has 0 aromatic carbocycles. The smallest absolute Gasteiger partial charge is 0.329 e. The molecule has 2 heterocycles. The van der Waals surface area contributed by atoms with Crippen LogP contribution in [-0.2, 0) is 9.53 Å². The van der Waals surface area contributed by atoms with Crippen molar-refractivity contribution in [2.24, 2.45) is 5.92 Å². The minimum atomic E-state index is -0.509. The number of halogens is 2. The van der Waals surface area contributed by atoms with Crippen molar-refractivity contribution in [3.8, 4) is 0 Å². The topological polar surface area (TPSA) is 57.0 Å². The zero-order valence-corrected chi connectivity index (χ0v) is 14.6. The Morgan fingerprint density at radius 3 is 2.62 bits per heavy atom. The van der Waals surface area contributed by atoms with Gasteiger partial charge in [-0.3, -0.25) is 4.57 Å². The van der Waals surface area contributed by atoms with Gasteiger partial charge in [-0.05, 0) is 34.8 Å². The highest BCUT2D eigenvalue weighted by Crippen LogP contribution is 2.31. The van der Waals surface area contributed by atoms with Crippen molar-refractivity contribution >= 4 is 44.7 Å². The SMILES string of the molecule is COC(=O)C(C(C)C)n1c(C(C)Cl)nc2cc(Br)cnc21. The van der Waals surface area contributed by atoms with Crippen molar-refractivity contribution in [1.82, 2.24) is 14.5 Å². The molecular weight excluding hydrogens is 358 g/mol. The fourth-order valence-electron chi connectivity index (χ4n) is 2.33. The van der Waals surface area contributed by atoms with Gasteiger partial charge in [0.05, 0.1) is 12.5 Å². The minimum Gasteiger partial charge on any atom is -0.467 e. The summed E-state index contributed by atoms with van der Waals surface area (Å²) < 4.78 is 7.55. The number of aromatic nitrogens is 3. The van der Waals surface area contributed by atoms with Gasteiger partial charge < -0.3 is 4.74 Å². The number of rotatable bonds is 4. The molecule has 0 aliphatic rings. The second-order valence-electron chi connectivity index (χ2n) is 5.16. The van der Waals surface area contributed by atoms with Crippen molar-refractivity contribution in [2.45, 2.75) is 32.2 Å². The Labute approximate surface area is 136 Å². The molecule has 0 bridgehead atoms. The lowest BCUT2D eigenvalue weighted by atomic mass is 10.0. The number of methoxy groups -OCH3 is 1. The lowest BCUT2D eigenvalue weighted by molar-refractivity contribution is -0.146. The summed E-state index contributed by atoms with van der Waals surface area (Å²) in [5.74, 6) is 0.309. The minimum absolute atomic E-state index is 0.0227. The molecule has 0 aliphatic carbocycles. The summed E-state index contributed by atoms with van der Waals surface area (Å²) in [6, 6.07) is 1.35. The van der Waals surface area contributed by atoms with Crippen LogP contribution in [0, 0.1) is 5.92 Å². The van der Waals surface area contributed by atoms with E-state index in [1.165, 1.54) is 7.11 Å². The monoisotopic (exact) mass is 373 g/mol. The van der Waals surface area contributed by atoms with E-state index in [1.807, 2.05) is 26.8 Å². The molecule has 0 amide bonds. The molecule has 0 radical (unpaired) electrons. The van der Waals surface area contributed by atoms with E-state index in [9.17, 15) is 4.79 Å². The summed E-state index contributed by atoms with van der Waals surface area (Å²) in [4.78, 5) is 21.1. The third-order valence-corrected chi connectivity index (χ3v) is 3.86. The predicted molar refractivity (Wildman–Crippen MR) is 85.4 cm³/mol. The van der Waals surface area contributed by atoms with Gasteiger partial charge >= 0.3 is 5.97 Å². The summed E-state index contributed by atoms with van der Waals surface area (Å²) in [6.07, 6.45) is 1.68. The van der Waals surface area contributed by atoms with E-state index in [4.69, 9.17) is 16.3 Å². The molecule has 2 unspecified atom stereocenters. The molecule has 0 spiro atoms. The maximum Gasteiger partial charge on any atom is 0.329 e. The number of hydrogen-bond acceptors (Lipinski definition) is 4. The van der Waals surface area contributed by atoms with Crippen LogP contribution in [0.1, 0.15) is 38.0 Å². The number of alkyl halides is 1. The first-order valence-corrected chi connectivity index (χ1v) is 7.85. The van der Waals surface area contributed by atoms with Gasteiger partial charge in [-0.2, -0.15) is 0 Å². The van der Waals surface area contributed by atoms with Crippen LogP contribution in [0.25, 0.3) is 11.2 Å². The van der Waals surface area contributed by atoms with E-state index >= 15 is 0 Å². The first kappa shape index (κ1) is 16.2. The third-order valence-electron chi connectivity index (χ3n) is 3.23. The van der Waals surface area contributed by atoms with Gasteiger partial charge in [-0.25, -0.2) is 14.8 Å². The summed E-state index contributed by atoms with van der Waals surface area (Å²) in [5, 5.41) is -0.344. The molecule has 2 aromatic rings. The van der Waals surface area contributed by atoms with E-state index in [-0.39, 0.29) is 17.3 Å². The third kappa shape index (κ3) is 3.06. The Balaban J connectivity index is 2.74.